The molecule has 0 aliphatic heterocycles. The van der Waals surface area contributed by atoms with Crippen molar-refractivity contribution in [1.82, 2.24) is 20.6 Å². The van der Waals surface area contributed by atoms with E-state index in [2.05, 4.69) is 28.3 Å². The fourth-order valence-electron chi connectivity index (χ4n) is 3.47. The lowest BCUT2D eigenvalue weighted by Gasteiger charge is -2.16. The summed E-state index contributed by atoms with van der Waals surface area (Å²) in [4.78, 5) is 20.5. The van der Waals surface area contributed by atoms with E-state index < -0.39 is 0 Å². The van der Waals surface area contributed by atoms with Crippen LogP contribution in [0.3, 0.4) is 0 Å². The third kappa shape index (κ3) is 5.09. The average Bonchev–Trinajstić information content (AvgIpc) is 2.75. The molecule has 1 aromatic carbocycles. The Morgan fingerprint density at radius 1 is 1.26 bits per heavy atom. The van der Waals surface area contributed by atoms with E-state index in [4.69, 9.17) is 9.72 Å². The zero-order chi connectivity index (χ0) is 22.4. The lowest BCUT2D eigenvalue weighted by molar-refractivity contribution is -0.119. The number of hydrogen-bond acceptors (Lipinski definition) is 5. The van der Waals surface area contributed by atoms with Gasteiger partial charge in [-0.05, 0) is 43.7 Å². The normalized spacial score (nSPS) is 11.3. The van der Waals surface area contributed by atoms with Crippen LogP contribution in [-0.4, -0.2) is 22.9 Å². The molecule has 2 aromatic heterocycles. The third-order valence-electron chi connectivity index (χ3n) is 5.03. The number of aryl methyl sites for hydroxylation is 2. The second-order valence-electron chi connectivity index (χ2n) is 7.28. The summed E-state index contributed by atoms with van der Waals surface area (Å²) < 4.78 is 6.24. The van der Waals surface area contributed by atoms with Gasteiger partial charge in [-0.1, -0.05) is 24.8 Å². The Morgan fingerprint density at radius 2 is 2.06 bits per heavy atom. The first-order chi connectivity index (χ1) is 14.9. The van der Waals surface area contributed by atoms with Crippen molar-refractivity contribution in [3.63, 3.8) is 0 Å². The number of ether oxygens (including phenoxy) is 1. The molecule has 160 valence electrons. The van der Waals surface area contributed by atoms with Crippen molar-refractivity contribution in [3.05, 3.63) is 83.3 Å². The number of nitrogens with zero attached hydrogens (tertiary/aromatic N) is 2. The number of rotatable bonds is 8. The van der Waals surface area contributed by atoms with Crippen molar-refractivity contribution < 1.29 is 9.53 Å². The van der Waals surface area contributed by atoms with Crippen LogP contribution in [0.2, 0.25) is 0 Å². The Bertz CT molecular complexity index is 1150. The van der Waals surface area contributed by atoms with Gasteiger partial charge in [0.1, 0.15) is 17.9 Å². The number of amides is 1. The van der Waals surface area contributed by atoms with Crippen LogP contribution < -0.4 is 15.4 Å². The molecule has 0 unspecified atom stereocenters. The van der Waals surface area contributed by atoms with Crippen LogP contribution in [0.15, 0.2) is 55.3 Å². The van der Waals surface area contributed by atoms with E-state index in [1.165, 1.54) is 6.92 Å². The predicted octanol–water partition coefficient (Wildman–Crippen LogP) is 4.21. The van der Waals surface area contributed by atoms with Gasteiger partial charge in [-0.25, -0.2) is 4.98 Å². The molecule has 0 bridgehead atoms. The van der Waals surface area contributed by atoms with Gasteiger partial charge in [0, 0.05) is 48.1 Å². The topological polar surface area (TPSA) is 76.1 Å². The molecule has 2 N–H and O–H groups in total. The lowest BCUT2D eigenvalue weighted by Crippen LogP contribution is -2.21. The van der Waals surface area contributed by atoms with Gasteiger partial charge in [0.15, 0.2) is 0 Å². The molecule has 0 spiro atoms. The highest BCUT2D eigenvalue weighted by atomic mass is 16.5. The molecule has 0 saturated carbocycles. The number of para-hydroxylation sites is 1. The van der Waals surface area contributed by atoms with E-state index in [-0.39, 0.29) is 5.91 Å². The van der Waals surface area contributed by atoms with Crippen molar-refractivity contribution in [2.24, 2.45) is 0 Å². The number of nitrogens with one attached hydrogen (secondary N) is 2. The number of fused-ring (bicyclic) bond motifs is 1. The fourth-order valence-corrected chi connectivity index (χ4v) is 3.47. The van der Waals surface area contributed by atoms with Crippen LogP contribution in [0.5, 0.6) is 5.75 Å². The van der Waals surface area contributed by atoms with Crippen LogP contribution in [0.4, 0.5) is 0 Å². The Morgan fingerprint density at radius 3 is 2.77 bits per heavy atom. The van der Waals surface area contributed by atoms with Crippen molar-refractivity contribution in [3.8, 4) is 5.75 Å². The van der Waals surface area contributed by atoms with E-state index in [1.807, 2.05) is 51.2 Å². The van der Waals surface area contributed by atoms with Crippen molar-refractivity contribution >= 4 is 22.5 Å². The number of carbonyl (C=O) groups is 1. The molecule has 6 heteroatoms. The maximum atomic E-state index is 11.3. The summed E-state index contributed by atoms with van der Waals surface area (Å²) >= 11 is 0. The highest BCUT2D eigenvalue weighted by Gasteiger charge is 2.14. The lowest BCUT2D eigenvalue weighted by atomic mass is 10.0. The molecule has 0 aliphatic rings. The SMILES string of the molecule is C=C/C=C(\NC)c1cc(C)nc2c(OCc3c(C)ccnc3CNC(C)=O)cccc12. The number of allylic oxidation sites excluding steroid dienone is 2. The number of benzene rings is 1. The van der Waals surface area contributed by atoms with Crippen LogP contribution in [0.25, 0.3) is 16.6 Å². The molecular formula is C25H28N4O2. The minimum atomic E-state index is -0.0932. The second-order valence-corrected chi connectivity index (χ2v) is 7.28. The van der Waals surface area contributed by atoms with Gasteiger partial charge in [-0.3, -0.25) is 9.78 Å². The minimum absolute atomic E-state index is 0.0932. The van der Waals surface area contributed by atoms with Crippen LogP contribution >= 0.6 is 0 Å². The molecule has 3 aromatic rings. The summed E-state index contributed by atoms with van der Waals surface area (Å²) in [6.07, 6.45) is 5.45. The van der Waals surface area contributed by atoms with Crippen LogP contribution in [0.1, 0.15) is 35.0 Å². The zero-order valence-electron chi connectivity index (χ0n) is 18.5. The zero-order valence-corrected chi connectivity index (χ0v) is 18.5. The summed E-state index contributed by atoms with van der Waals surface area (Å²) in [5.41, 5.74) is 6.52. The minimum Gasteiger partial charge on any atom is -0.487 e. The van der Waals surface area contributed by atoms with Gasteiger partial charge in [0.25, 0.3) is 0 Å². The van der Waals surface area contributed by atoms with Gasteiger partial charge in [-0.2, -0.15) is 0 Å². The van der Waals surface area contributed by atoms with E-state index >= 15 is 0 Å². The monoisotopic (exact) mass is 416 g/mol. The van der Waals surface area contributed by atoms with Gasteiger partial charge in [-0.15, -0.1) is 0 Å². The number of aromatic nitrogens is 2. The van der Waals surface area contributed by atoms with Crippen molar-refractivity contribution in [1.29, 1.82) is 0 Å². The molecule has 0 fully saturated rings. The number of carbonyl (C=O) groups excluding carboxylic acids is 1. The highest BCUT2D eigenvalue weighted by molar-refractivity contribution is 5.94. The number of hydrogen-bond donors (Lipinski definition) is 2. The molecule has 0 radical (unpaired) electrons. The van der Waals surface area contributed by atoms with Gasteiger partial charge in [0.2, 0.25) is 5.91 Å². The Kier molecular flexibility index (Phi) is 7.03. The second kappa shape index (κ2) is 9.89. The molecule has 6 nitrogen and oxygen atoms in total. The van der Waals surface area contributed by atoms with Gasteiger partial charge < -0.3 is 15.4 Å². The summed E-state index contributed by atoms with van der Waals surface area (Å²) in [5.74, 6) is 0.606. The first-order valence-electron chi connectivity index (χ1n) is 10.2. The van der Waals surface area contributed by atoms with Gasteiger partial charge in [0.05, 0.1) is 12.2 Å². The maximum absolute atomic E-state index is 11.3. The van der Waals surface area contributed by atoms with Gasteiger partial charge >= 0.3 is 0 Å². The Hall–Kier alpha value is -3.67. The van der Waals surface area contributed by atoms with Crippen molar-refractivity contribution in [2.75, 3.05) is 7.05 Å². The van der Waals surface area contributed by atoms with E-state index in [0.717, 1.165) is 44.7 Å². The molecule has 0 saturated heterocycles. The summed E-state index contributed by atoms with van der Waals surface area (Å²) in [7, 11) is 1.89. The third-order valence-corrected chi connectivity index (χ3v) is 5.03. The smallest absolute Gasteiger partial charge is 0.217 e. The van der Waals surface area contributed by atoms with E-state index in [9.17, 15) is 4.79 Å². The molecule has 1 amide bonds. The predicted molar refractivity (Wildman–Crippen MR) is 125 cm³/mol. The summed E-state index contributed by atoms with van der Waals surface area (Å²) in [5, 5.41) is 7.04. The molecule has 0 atom stereocenters. The van der Waals surface area contributed by atoms with Crippen LogP contribution in [-0.2, 0) is 17.9 Å². The molecular weight excluding hydrogens is 388 g/mol. The average molecular weight is 417 g/mol. The fraction of sp³-hybridized carbons (Fsp3) is 0.240. The quantitative estimate of drug-likeness (QED) is 0.538. The Labute approximate surface area is 183 Å². The largest absolute Gasteiger partial charge is 0.487 e. The maximum Gasteiger partial charge on any atom is 0.217 e. The summed E-state index contributed by atoms with van der Waals surface area (Å²) in [6, 6.07) is 9.92. The van der Waals surface area contributed by atoms with Crippen LogP contribution in [0, 0.1) is 13.8 Å². The first kappa shape index (κ1) is 22.0. The standard InChI is InChI=1S/C25H28N4O2/c1-6-8-22(26-5)20-13-17(3)29-25-19(20)9-7-10-24(25)31-15-21-16(2)11-12-27-23(21)14-28-18(4)30/h6-13,26H,1,14-15H2,2-5H3,(H,28,30)/b22-8-. The number of pyridine rings is 2. The molecule has 3 rings (SSSR count). The highest BCUT2D eigenvalue weighted by Crippen LogP contribution is 2.31. The first-order valence-corrected chi connectivity index (χ1v) is 10.2. The molecule has 2 heterocycles. The summed E-state index contributed by atoms with van der Waals surface area (Å²) in [6.45, 7) is 9.99. The molecule has 0 aliphatic carbocycles. The van der Waals surface area contributed by atoms with E-state index in [0.29, 0.717) is 18.9 Å². The Balaban J connectivity index is 1.99. The van der Waals surface area contributed by atoms with Crippen molar-refractivity contribution in [2.45, 2.75) is 33.9 Å². The van der Waals surface area contributed by atoms with E-state index in [1.54, 1.807) is 12.3 Å². The molecule has 31 heavy (non-hydrogen) atoms.